The normalized spacial score (nSPS) is 33.7. The third-order valence-corrected chi connectivity index (χ3v) is 4.27. The maximum Gasteiger partial charge on any atom is 0.0717 e. The van der Waals surface area contributed by atoms with Gasteiger partial charge in [-0.2, -0.15) is 0 Å². The molecule has 0 N–H and O–H groups in total. The van der Waals surface area contributed by atoms with Crippen LogP contribution in [0.15, 0.2) is 30.3 Å². The van der Waals surface area contributed by atoms with Crippen LogP contribution in [0.4, 0.5) is 0 Å². The molecule has 0 aromatic heterocycles. The molecule has 1 heterocycles. The van der Waals surface area contributed by atoms with Crippen molar-refractivity contribution in [2.75, 3.05) is 27.3 Å². The summed E-state index contributed by atoms with van der Waals surface area (Å²) in [5.41, 5.74) is 1.50. The Morgan fingerprint density at radius 2 is 2.11 bits per heavy atom. The van der Waals surface area contributed by atoms with E-state index in [2.05, 4.69) is 43.3 Å². The Kier molecular flexibility index (Phi) is 3.14. The molecule has 0 spiro atoms. The minimum atomic E-state index is 0.262. The highest BCUT2D eigenvalue weighted by Gasteiger charge is 2.65. The fourth-order valence-corrected chi connectivity index (χ4v) is 3.08. The first-order valence-corrected chi connectivity index (χ1v) is 6.62. The van der Waals surface area contributed by atoms with Crippen molar-refractivity contribution in [1.29, 1.82) is 0 Å². The van der Waals surface area contributed by atoms with E-state index in [1.165, 1.54) is 5.56 Å². The SMILES string of the molecule is CN(C)C1COC2CC21COCc1ccccc1. The number of likely N-dealkylation sites (N-methyl/N-ethyl adjacent to an activating group) is 1. The van der Waals surface area contributed by atoms with E-state index in [1.54, 1.807) is 0 Å². The second kappa shape index (κ2) is 4.65. The predicted molar refractivity (Wildman–Crippen MR) is 70.4 cm³/mol. The lowest BCUT2D eigenvalue weighted by Crippen LogP contribution is -2.39. The number of fused-ring (bicyclic) bond motifs is 1. The molecule has 1 aliphatic carbocycles. The van der Waals surface area contributed by atoms with Crippen LogP contribution in [0.3, 0.4) is 0 Å². The largest absolute Gasteiger partial charge is 0.376 e. The van der Waals surface area contributed by atoms with Gasteiger partial charge in [0.25, 0.3) is 0 Å². The fraction of sp³-hybridized carbons (Fsp3) is 0.600. The highest BCUT2D eigenvalue weighted by molar-refractivity contribution is 5.16. The lowest BCUT2D eigenvalue weighted by atomic mass is 9.98. The number of hydrogen-bond acceptors (Lipinski definition) is 3. The van der Waals surface area contributed by atoms with Crippen LogP contribution in [0, 0.1) is 5.41 Å². The van der Waals surface area contributed by atoms with Crippen LogP contribution >= 0.6 is 0 Å². The highest BCUT2D eigenvalue weighted by Crippen LogP contribution is 2.57. The smallest absolute Gasteiger partial charge is 0.0717 e. The Morgan fingerprint density at radius 1 is 1.33 bits per heavy atom. The molecule has 3 unspecified atom stereocenters. The molecule has 18 heavy (non-hydrogen) atoms. The highest BCUT2D eigenvalue weighted by atomic mass is 16.5. The summed E-state index contributed by atoms with van der Waals surface area (Å²) in [7, 11) is 4.27. The zero-order valence-electron chi connectivity index (χ0n) is 11.1. The molecule has 3 rings (SSSR count). The van der Waals surface area contributed by atoms with Crippen molar-refractivity contribution in [1.82, 2.24) is 4.90 Å². The fourth-order valence-electron chi connectivity index (χ4n) is 3.08. The molecule has 3 atom stereocenters. The third-order valence-electron chi connectivity index (χ3n) is 4.27. The maximum atomic E-state index is 5.92. The molecule has 0 amide bonds. The third kappa shape index (κ3) is 2.07. The molecule has 98 valence electrons. The second-order valence-corrected chi connectivity index (χ2v) is 5.72. The molecule has 1 aromatic rings. The van der Waals surface area contributed by atoms with Gasteiger partial charge in [0.15, 0.2) is 0 Å². The van der Waals surface area contributed by atoms with Crippen LogP contribution in [0.1, 0.15) is 12.0 Å². The molecule has 1 saturated heterocycles. The number of hydrogen-bond donors (Lipinski definition) is 0. The van der Waals surface area contributed by atoms with Gasteiger partial charge in [-0.15, -0.1) is 0 Å². The van der Waals surface area contributed by atoms with E-state index in [1.807, 2.05) is 6.07 Å². The van der Waals surface area contributed by atoms with Gasteiger partial charge in [-0.3, -0.25) is 0 Å². The Balaban J connectivity index is 1.55. The van der Waals surface area contributed by atoms with Crippen molar-refractivity contribution in [3.63, 3.8) is 0 Å². The first-order valence-electron chi connectivity index (χ1n) is 6.62. The van der Waals surface area contributed by atoms with E-state index in [-0.39, 0.29) is 5.41 Å². The second-order valence-electron chi connectivity index (χ2n) is 5.72. The Hall–Kier alpha value is -0.900. The van der Waals surface area contributed by atoms with Gasteiger partial charge in [-0.05, 0) is 26.1 Å². The van der Waals surface area contributed by atoms with Gasteiger partial charge in [0.05, 0.1) is 25.9 Å². The maximum absolute atomic E-state index is 5.92. The molecule has 1 aromatic carbocycles. The number of rotatable bonds is 5. The number of benzene rings is 1. The standard InChI is InChI=1S/C15H21NO2/c1-16(2)13-10-18-14-8-15(13,14)11-17-9-12-6-4-3-5-7-12/h3-7,13-14H,8-11H2,1-2H3. The average Bonchev–Trinajstić information content (AvgIpc) is 2.95. The zero-order valence-corrected chi connectivity index (χ0v) is 11.1. The van der Waals surface area contributed by atoms with E-state index >= 15 is 0 Å². The monoisotopic (exact) mass is 247 g/mol. The summed E-state index contributed by atoms with van der Waals surface area (Å²) in [5, 5.41) is 0. The molecule has 3 nitrogen and oxygen atoms in total. The quantitative estimate of drug-likeness (QED) is 0.793. The van der Waals surface area contributed by atoms with Crippen molar-refractivity contribution in [2.24, 2.45) is 5.41 Å². The van der Waals surface area contributed by atoms with Crippen LogP contribution in [0.25, 0.3) is 0 Å². The van der Waals surface area contributed by atoms with Crippen LogP contribution < -0.4 is 0 Å². The molecule has 0 radical (unpaired) electrons. The minimum Gasteiger partial charge on any atom is -0.376 e. The van der Waals surface area contributed by atoms with Gasteiger partial charge in [0, 0.05) is 11.5 Å². The van der Waals surface area contributed by atoms with Gasteiger partial charge >= 0.3 is 0 Å². The molecule has 1 aliphatic heterocycles. The predicted octanol–water partition coefficient (Wildman–Crippen LogP) is 1.92. The van der Waals surface area contributed by atoms with Crippen molar-refractivity contribution in [3.8, 4) is 0 Å². The van der Waals surface area contributed by atoms with Gasteiger partial charge < -0.3 is 14.4 Å². The first kappa shape index (κ1) is 12.2. The van der Waals surface area contributed by atoms with E-state index in [4.69, 9.17) is 9.47 Å². The summed E-state index contributed by atoms with van der Waals surface area (Å²) < 4.78 is 11.7. The molecular weight excluding hydrogens is 226 g/mol. The van der Waals surface area contributed by atoms with Crippen molar-refractivity contribution in [2.45, 2.75) is 25.2 Å². The Labute approximate surface area is 109 Å². The van der Waals surface area contributed by atoms with Gasteiger partial charge in [0.2, 0.25) is 0 Å². The van der Waals surface area contributed by atoms with E-state index in [0.717, 1.165) is 19.6 Å². The summed E-state index contributed by atoms with van der Waals surface area (Å²) >= 11 is 0. The lowest BCUT2D eigenvalue weighted by molar-refractivity contribution is 0.0503. The summed E-state index contributed by atoms with van der Waals surface area (Å²) in [4.78, 5) is 2.28. The molecule has 3 heteroatoms. The summed E-state index contributed by atoms with van der Waals surface area (Å²) in [5.74, 6) is 0. The lowest BCUT2D eigenvalue weighted by Gasteiger charge is -2.27. The topological polar surface area (TPSA) is 21.7 Å². The minimum absolute atomic E-state index is 0.262. The van der Waals surface area contributed by atoms with Crippen LogP contribution in [-0.2, 0) is 16.1 Å². The van der Waals surface area contributed by atoms with Gasteiger partial charge in [-0.25, -0.2) is 0 Å². The first-order chi connectivity index (χ1) is 8.72. The van der Waals surface area contributed by atoms with E-state index < -0.39 is 0 Å². The van der Waals surface area contributed by atoms with Crippen molar-refractivity contribution < 1.29 is 9.47 Å². The molecule has 1 saturated carbocycles. The van der Waals surface area contributed by atoms with Crippen LogP contribution in [-0.4, -0.2) is 44.4 Å². The van der Waals surface area contributed by atoms with Crippen LogP contribution in [0.5, 0.6) is 0 Å². The molecule has 0 bridgehead atoms. The summed E-state index contributed by atoms with van der Waals surface area (Å²) in [6.07, 6.45) is 1.59. The molecule has 2 fully saturated rings. The zero-order chi connectivity index (χ0) is 12.6. The molecular formula is C15H21NO2. The van der Waals surface area contributed by atoms with Crippen molar-refractivity contribution in [3.05, 3.63) is 35.9 Å². The number of ether oxygens (including phenoxy) is 2. The molecule has 2 aliphatic rings. The number of nitrogens with zero attached hydrogens (tertiary/aromatic N) is 1. The summed E-state index contributed by atoms with van der Waals surface area (Å²) in [6.45, 7) is 2.37. The average molecular weight is 247 g/mol. The van der Waals surface area contributed by atoms with Crippen molar-refractivity contribution >= 4 is 0 Å². The van der Waals surface area contributed by atoms with E-state index in [9.17, 15) is 0 Å². The van der Waals surface area contributed by atoms with Crippen LogP contribution in [0.2, 0.25) is 0 Å². The van der Waals surface area contributed by atoms with Gasteiger partial charge in [-0.1, -0.05) is 30.3 Å². The Bertz CT molecular complexity index is 406. The summed E-state index contributed by atoms with van der Waals surface area (Å²) in [6, 6.07) is 10.9. The van der Waals surface area contributed by atoms with Gasteiger partial charge in [0.1, 0.15) is 0 Å². The Morgan fingerprint density at radius 3 is 2.78 bits per heavy atom. The van der Waals surface area contributed by atoms with E-state index in [0.29, 0.717) is 18.8 Å².